The molecule has 7 heteroatoms. The zero-order chi connectivity index (χ0) is 17.0. The van der Waals surface area contributed by atoms with E-state index in [9.17, 15) is 13.2 Å². The van der Waals surface area contributed by atoms with E-state index in [2.05, 4.69) is 10.0 Å². The Hall–Kier alpha value is -1.89. The number of rotatable bonds is 5. The van der Waals surface area contributed by atoms with Crippen LogP contribution in [0.5, 0.6) is 0 Å². The van der Waals surface area contributed by atoms with Crippen molar-refractivity contribution >= 4 is 27.5 Å². The Morgan fingerprint density at radius 2 is 1.78 bits per heavy atom. The van der Waals surface area contributed by atoms with Crippen LogP contribution in [-0.4, -0.2) is 21.4 Å². The minimum absolute atomic E-state index is 0.0620. The van der Waals surface area contributed by atoms with Gasteiger partial charge in [0.25, 0.3) is 5.91 Å². The van der Waals surface area contributed by atoms with E-state index in [0.29, 0.717) is 0 Å². The lowest BCUT2D eigenvalue weighted by molar-refractivity contribution is 0.0939. The minimum Gasteiger partial charge on any atom is -0.346 e. The van der Waals surface area contributed by atoms with Gasteiger partial charge in [-0.05, 0) is 37.7 Å². The van der Waals surface area contributed by atoms with E-state index in [-0.39, 0.29) is 27.4 Å². The third-order valence-electron chi connectivity index (χ3n) is 3.40. The Morgan fingerprint density at radius 1 is 1.13 bits per heavy atom. The summed E-state index contributed by atoms with van der Waals surface area (Å²) >= 11 is 5.91. The van der Waals surface area contributed by atoms with Crippen molar-refractivity contribution in [3.05, 3.63) is 64.7 Å². The minimum atomic E-state index is -3.73. The molecule has 1 atom stereocenters. The van der Waals surface area contributed by atoms with Crippen molar-refractivity contribution in [2.24, 2.45) is 0 Å². The summed E-state index contributed by atoms with van der Waals surface area (Å²) in [6, 6.07) is 13.4. The molecule has 0 aliphatic heterocycles. The Morgan fingerprint density at radius 3 is 2.39 bits per heavy atom. The van der Waals surface area contributed by atoms with Crippen LogP contribution in [0.25, 0.3) is 0 Å². The summed E-state index contributed by atoms with van der Waals surface area (Å²) in [6.45, 7) is 1.86. The third kappa shape index (κ3) is 4.10. The first-order chi connectivity index (χ1) is 10.8. The van der Waals surface area contributed by atoms with E-state index in [1.807, 2.05) is 37.3 Å². The molecule has 0 aliphatic rings. The van der Waals surface area contributed by atoms with Gasteiger partial charge in [-0.3, -0.25) is 4.79 Å². The molecule has 5 nitrogen and oxygen atoms in total. The van der Waals surface area contributed by atoms with Gasteiger partial charge < -0.3 is 5.32 Å². The van der Waals surface area contributed by atoms with Gasteiger partial charge in [-0.2, -0.15) is 0 Å². The summed E-state index contributed by atoms with van der Waals surface area (Å²) in [5.41, 5.74) is 1.18. The zero-order valence-electron chi connectivity index (χ0n) is 12.7. The molecule has 0 aromatic heterocycles. The van der Waals surface area contributed by atoms with Gasteiger partial charge >= 0.3 is 0 Å². The van der Waals surface area contributed by atoms with Crippen LogP contribution < -0.4 is 10.0 Å². The van der Waals surface area contributed by atoms with E-state index in [1.54, 1.807) is 0 Å². The van der Waals surface area contributed by atoms with E-state index in [1.165, 1.54) is 25.2 Å². The van der Waals surface area contributed by atoms with Crippen LogP contribution in [-0.2, 0) is 10.0 Å². The molecule has 0 radical (unpaired) electrons. The van der Waals surface area contributed by atoms with Crippen LogP contribution in [0.1, 0.15) is 28.9 Å². The topological polar surface area (TPSA) is 75.3 Å². The van der Waals surface area contributed by atoms with Gasteiger partial charge in [0.1, 0.15) is 4.90 Å². The summed E-state index contributed by atoms with van der Waals surface area (Å²) in [7, 11) is -2.44. The standard InChI is InChI=1S/C16H17ClN2O3S/c1-11(12-6-4-3-5-7-12)19-16(20)13-8-9-14(17)15(10-13)23(21,22)18-2/h3-11,18H,1-2H3,(H,19,20)/t11-/m0/s1. The third-order valence-corrected chi connectivity index (χ3v) is 5.29. The van der Waals surface area contributed by atoms with E-state index in [0.717, 1.165) is 5.56 Å². The van der Waals surface area contributed by atoms with Gasteiger partial charge in [0, 0.05) is 5.56 Å². The second-order valence-corrected chi connectivity index (χ2v) is 7.22. The molecule has 0 saturated heterocycles. The van der Waals surface area contributed by atoms with Gasteiger partial charge in [0.15, 0.2) is 0 Å². The average Bonchev–Trinajstić information content (AvgIpc) is 2.55. The highest BCUT2D eigenvalue weighted by atomic mass is 35.5. The normalized spacial score (nSPS) is 12.7. The lowest BCUT2D eigenvalue weighted by Gasteiger charge is -2.15. The van der Waals surface area contributed by atoms with Crippen molar-refractivity contribution < 1.29 is 13.2 Å². The highest BCUT2D eigenvalue weighted by molar-refractivity contribution is 7.89. The predicted octanol–water partition coefficient (Wildman–Crippen LogP) is 2.74. The second-order valence-electron chi connectivity index (χ2n) is 4.96. The van der Waals surface area contributed by atoms with Crippen molar-refractivity contribution in [1.82, 2.24) is 10.0 Å². The number of amides is 1. The molecular formula is C16H17ClN2O3S. The molecular weight excluding hydrogens is 336 g/mol. The molecule has 2 N–H and O–H groups in total. The van der Waals surface area contributed by atoms with Crippen molar-refractivity contribution in [2.45, 2.75) is 17.9 Å². The molecule has 2 aromatic carbocycles. The van der Waals surface area contributed by atoms with Crippen LogP contribution >= 0.6 is 11.6 Å². The number of hydrogen-bond acceptors (Lipinski definition) is 3. The monoisotopic (exact) mass is 352 g/mol. The summed E-state index contributed by atoms with van der Waals surface area (Å²) in [4.78, 5) is 12.2. The highest BCUT2D eigenvalue weighted by Gasteiger charge is 2.19. The number of sulfonamides is 1. The van der Waals surface area contributed by atoms with Crippen LogP contribution in [0, 0.1) is 0 Å². The largest absolute Gasteiger partial charge is 0.346 e. The van der Waals surface area contributed by atoms with Gasteiger partial charge in [0.2, 0.25) is 10.0 Å². The lowest BCUT2D eigenvalue weighted by Crippen LogP contribution is -2.27. The quantitative estimate of drug-likeness (QED) is 0.868. The van der Waals surface area contributed by atoms with Crippen LogP contribution in [0.4, 0.5) is 0 Å². The summed E-state index contributed by atoms with van der Waals surface area (Å²) in [5, 5.41) is 2.89. The molecule has 0 unspecified atom stereocenters. The molecule has 2 aromatic rings. The van der Waals surface area contributed by atoms with Crippen molar-refractivity contribution in [3.63, 3.8) is 0 Å². The molecule has 0 bridgehead atoms. The van der Waals surface area contributed by atoms with Crippen molar-refractivity contribution in [3.8, 4) is 0 Å². The molecule has 23 heavy (non-hydrogen) atoms. The summed E-state index contributed by atoms with van der Waals surface area (Å²) < 4.78 is 26.0. The molecule has 0 heterocycles. The molecule has 1 amide bonds. The van der Waals surface area contributed by atoms with Gasteiger partial charge in [-0.1, -0.05) is 41.9 Å². The maximum absolute atomic E-state index is 12.3. The number of benzene rings is 2. The first-order valence-electron chi connectivity index (χ1n) is 6.94. The van der Waals surface area contributed by atoms with Crippen molar-refractivity contribution in [1.29, 1.82) is 0 Å². The Bertz CT molecular complexity index is 807. The molecule has 2 rings (SSSR count). The maximum Gasteiger partial charge on any atom is 0.251 e. The first kappa shape index (κ1) is 17.5. The zero-order valence-corrected chi connectivity index (χ0v) is 14.3. The number of carbonyl (C=O) groups excluding carboxylic acids is 1. The fourth-order valence-electron chi connectivity index (χ4n) is 2.07. The van der Waals surface area contributed by atoms with Crippen LogP contribution in [0.3, 0.4) is 0 Å². The van der Waals surface area contributed by atoms with E-state index >= 15 is 0 Å². The smallest absolute Gasteiger partial charge is 0.251 e. The summed E-state index contributed by atoms with van der Waals surface area (Å²) in [6.07, 6.45) is 0. The SMILES string of the molecule is CNS(=O)(=O)c1cc(C(=O)N[C@@H](C)c2ccccc2)ccc1Cl. The molecule has 0 fully saturated rings. The number of nitrogens with one attached hydrogen (secondary N) is 2. The van der Waals surface area contributed by atoms with Crippen molar-refractivity contribution in [2.75, 3.05) is 7.05 Å². The fourth-order valence-corrected chi connectivity index (χ4v) is 3.31. The molecule has 0 aliphatic carbocycles. The Kier molecular flexibility index (Phi) is 5.41. The average molecular weight is 353 g/mol. The maximum atomic E-state index is 12.3. The van der Waals surface area contributed by atoms with Crippen LogP contribution in [0.2, 0.25) is 5.02 Å². The van der Waals surface area contributed by atoms with E-state index in [4.69, 9.17) is 11.6 Å². The second kappa shape index (κ2) is 7.12. The first-order valence-corrected chi connectivity index (χ1v) is 8.80. The molecule has 0 saturated carbocycles. The number of halogens is 1. The van der Waals surface area contributed by atoms with Gasteiger partial charge in [-0.15, -0.1) is 0 Å². The van der Waals surface area contributed by atoms with Gasteiger partial charge in [-0.25, -0.2) is 13.1 Å². The predicted molar refractivity (Wildman–Crippen MR) is 90.0 cm³/mol. The molecule has 0 spiro atoms. The van der Waals surface area contributed by atoms with Gasteiger partial charge in [0.05, 0.1) is 11.1 Å². The van der Waals surface area contributed by atoms with Crippen LogP contribution in [0.15, 0.2) is 53.4 Å². The fraction of sp³-hybridized carbons (Fsp3) is 0.188. The lowest BCUT2D eigenvalue weighted by atomic mass is 10.1. The summed E-state index contributed by atoms with van der Waals surface area (Å²) in [5.74, 6) is -0.370. The highest BCUT2D eigenvalue weighted by Crippen LogP contribution is 2.23. The number of carbonyl (C=O) groups is 1. The number of hydrogen-bond donors (Lipinski definition) is 2. The Balaban J connectivity index is 2.25. The van der Waals surface area contributed by atoms with E-state index < -0.39 is 10.0 Å². The molecule has 122 valence electrons. The Labute approximate surface area is 140 Å².